The molecule has 8 heteroatoms. The Bertz CT molecular complexity index is 789. The number of aromatic nitrogens is 3. The van der Waals surface area contributed by atoms with Crippen LogP contribution >= 0.6 is 0 Å². The van der Waals surface area contributed by atoms with E-state index >= 15 is 0 Å². The molecule has 3 rings (SSSR count). The molecular formula is C18H24N4O4. The van der Waals surface area contributed by atoms with E-state index in [1.54, 1.807) is 28.7 Å². The fourth-order valence-electron chi connectivity index (χ4n) is 3.37. The molecule has 0 aromatic carbocycles. The molecule has 2 aromatic rings. The molecule has 1 aliphatic rings. The summed E-state index contributed by atoms with van der Waals surface area (Å²) in [5, 5.41) is 13.3. The van der Waals surface area contributed by atoms with Crippen LogP contribution in [0.5, 0.6) is 0 Å². The summed E-state index contributed by atoms with van der Waals surface area (Å²) >= 11 is 0. The van der Waals surface area contributed by atoms with Crippen molar-refractivity contribution in [3.63, 3.8) is 0 Å². The molecule has 1 amide bonds. The van der Waals surface area contributed by atoms with Gasteiger partial charge in [-0.25, -0.2) is 9.50 Å². The first-order chi connectivity index (χ1) is 12.6. The minimum atomic E-state index is -0.274. The SMILES string of the molecule is CCOC(=O)C[C@H]1CCCCN1C(=O)c1cnn2cc(CCO)cnc12. The van der Waals surface area contributed by atoms with E-state index in [-0.39, 0.29) is 30.9 Å². The highest BCUT2D eigenvalue weighted by molar-refractivity contribution is 6.00. The molecule has 0 radical (unpaired) electrons. The van der Waals surface area contributed by atoms with Crippen LogP contribution in [0.2, 0.25) is 0 Å². The van der Waals surface area contributed by atoms with Gasteiger partial charge < -0.3 is 14.7 Å². The van der Waals surface area contributed by atoms with Gasteiger partial charge in [-0.05, 0) is 38.2 Å². The Morgan fingerprint density at radius 3 is 2.96 bits per heavy atom. The van der Waals surface area contributed by atoms with Gasteiger partial charge in [0.05, 0.1) is 19.2 Å². The Morgan fingerprint density at radius 1 is 1.35 bits per heavy atom. The maximum absolute atomic E-state index is 13.1. The maximum Gasteiger partial charge on any atom is 0.307 e. The van der Waals surface area contributed by atoms with Gasteiger partial charge in [-0.1, -0.05) is 0 Å². The fraction of sp³-hybridized carbons (Fsp3) is 0.556. The topological polar surface area (TPSA) is 97.0 Å². The van der Waals surface area contributed by atoms with Gasteiger partial charge in [-0.3, -0.25) is 9.59 Å². The lowest BCUT2D eigenvalue weighted by atomic mass is 9.98. The second kappa shape index (κ2) is 8.27. The quantitative estimate of drug-likeness (QED) is 0.778. The van der Waals surface area contributed by atoms with Gasteiger partial charge in [0, 0.05) is 31.6 Å². The van der Waals surface area contributed by atoms with Gasteiger partial charge in [0.2, 0.25) is 0 Å². The molecule has 1 fully saturated rings. The summed E-state index contributed by atoms with van der Waals surface area (Å²) in [4.78, 5) is 31.0. The van der Waals surface area contributed by atoms with Crippen LogP contribution in [0.4, 0.5) is 0 Å². The zero-order valence-electron chi connectivity index (χ0n) is 14.9. The van der Waals surface area contributed by atoms with E-state index in [0.717, 1.165) is 24.8 Å². The van der Waals surface area contributed by atoms with Crippen molar-refractivity contribution in [2.75, 3.05) is 19.8 Å². The number of aliphatic hydroxyl groups is 1. The molecule has 0 bridgehead atoms. The molecule has 2 aromatic heterocycles. The van der Waals surface area contributed by atoms with E-state index < -0.39 is 0 Å². The summed E-state index contributed by atoms with van der Waals surface area (Å²) in [5.41, 5.74) is 1.76. The van der Waals surface area contributed by atoms with Crippen molar-refractivity contribution in [3.8, 4) is 0 Å². The van der Waals surface area contributed by atoms with Crippen molar-refractivity contribution in [1.82, 2.24) is 19.5 Å². The van der Waals surface area contributed by atoms with Crippen molar-refractivity contribution in [3.05, 3.63) is 29.7 Å². The lowest BCUT2D eigenvalue weighted by molar-refractivity contribution is -0.144. The van der Waals surface area contributed by atoms with E-state index in [2.05, 4.69) is 10.1 Å². The molecule has 140 valence electrons. The van der Waals surface area contributed by atoms with Crippen LogP contribution in [0.15, 0.2) is 18.6 Å². The smallest absolute Gasteiger partial charge is 0.307 e. The van der Waals surface area contributed by atoms with Gasteiger partial charge >= 0.3 is 5.97 Å². The number of nitrogens with zero attached hydrogens (tertiary/aromatic N) is 4. The number of aliphatic hydroxyl groups excluding tert-OH is 1. The molecule has 1 saturated heterocycles. The summed E-state index contributed by atoms with van der Waals surface area (Å²) in [6.45, 7) is 2.76. The maximum atomic E-state index is 13.1. The van der Waals surface area contributed by atoms with Crippen LogP contribution in [0.25, 0.3) is 5.65 Å². The Kier molecular flexibility index (Phi) is 5.82. The summed E-state index contributed by atoms with van der Waals surface area (Å²) in [5.74, 6) is -0.430. The van der Waals surface area contributed by atoms with E-state index in [1.807, 2.05) is 0 Å². The first-order valence-corrected chi connectivity index (χ1v) is 9.03. The van der Waals surface area contributed by atoms with Gasteiger partial charge in [-0.15, -0.1) is 0 Å². The number of amides is 1. The molecule has 1 N–H and O–H groups in total. The first kappa shape index (κ1) is 18.3. The van der Waals surface area contributed by atoms with Crippen molar-refractivity contribution in [1.29, 1.82) is 0 Å². The van der Waals surface area contributed by atoms with Crippen LogP contribution in [-0.4, -0.2) is 62.3 Å². The molecule has 0 aliphatic carbocycles. The third-order valence-corrected chi connectivity index (χ3v) is 4.64. The predicted molar refractivity (Wildman–Crippen MR) is 93.7 cm³/mol. The van der Waals surface area contributed by atoms with E-state index in [0.29, 0.717) is 30.8 Å². The zero-order chi connectivity index (χ0) is 18.5. The number of carbonyl (C=O) groups excluding carboxylic acids is 2. The standard InChI is InChI=1S/C18H24N4O4/c1-2-26-16(24)9-14-5-3-4-7-21(14)18(25)15-11-20-22-12-13(6-8-23)10-19-17(15)22/h10-12,14,23H,2-9H2,1H3/t14-/m1/s1. The van der Waals surface area contributed by atoms with Crippen molar-refractivity contribution < 1.29 is 19.4 Å². The van der Waals surface area contributed by atoms with Crippen LogP contribution < -0.4 is 0 Å². The average Bonchev–Trinajstić information content (AvgIpc) is 3.05. The molecule has 26 heavy (non-hydrogen) atoms. The summed E-state index contributed by atoms with van der Waals surface area (Å²) < 4.78 is 6.60. The monoisotopic (exact) mass is 360 g/mol. The Morgan fingerprint density at radius 2 is 2.19 bits per heavy atom. The molecular weight excluding hydrogens is 336 g/mol. The van der Waals surface area contributed by atoms with Gasteiger partial charge in [-0.2, -0.15) is 5.10 Å². The third kappa shape index (κ3) is 3.85. The van der Waals surface area contributed by atoms with Crippen LogP contribution in [0.3, 0.4) is 0 Å². The lowest BCUT2D eigenvalue weighted by Crippen LogP contribution is -2.45. The average molecular weight is 360 g/mol. The normalized spacial score (nSPS) is 17.5. The molecule has 0 spiro atoms. The van der Waals surface area contributed by atoms with Crippen LogP contribution in [0.1, 0.15) is 48.5 Å². The largest absolute Gasteiger partial charge is 0.466 e. The number of piperidine rings is 1. The number of likely N-dealkylation sites (tertiary alicyclic amines) is 1. The van der Waals surface area contributed by atoms with Crippen molar-refractivity contribution in [2.45, 2.75) is 45.1 Å². The first-order valence-electron chi connectivity index (χ1n) is 9.03. The molecule has 0 unspecified atom stereocenters. The molecule has 0 saturated carbocycles. The van der Waals surface area contributed by atoms with E-state index in [4.69, 9.17) is 9.84 Å². The number of fused-ring (bicyclic) bond motifs is 1. The fourth-order valence-corrected chi connectivity index (χ4v) is 3.37. The minimum absolute atomic E-state index is 0.0313. The molecule has 1 atom stereocenters. The number of rotatable bonds is 6. The highest BCUT2D eigenvalue weighted by atomic mass is 16.5. The summed E-state index contributed by atoms with van der Waals surface area (Å²) in [7, 11) is 0. The zero-order valence-corrected chi connectivity index (χ0v) is 14.9. The number of hydrogen-bond acceptors (Lipinski definition) is 6. The van der Waals surface area contributed by atoms with Crippen LogP contribution in [0, 0.1) is 0 Å². The van der Waals surface area contributed by atoms with Gasteiger partial charge in [0.15, 0.2) is 5.65 Å². The van der Waals surface area contributed by atoms with Gasteiger partial charge in [0.1, 0.15) is 5.56 Å². The van der Waals surface area contributed by atoms with E-state index in [1.165, 1.54) is 6.20 Å². The number of ether oxygens (including phenoxy) is 1. The minimum Gasteiger partial charge on any atom is -0.466 e. The second-order valence-corrected chi connectivity index (χ2v) is 6.42. The van der Waals surface area contributed by atoms with Crippen molar-refractivity contribution in [2.24, 2.45) is 0 Å². The van der Waals surface area contributed by atoms with Gasteiger partial charge in [0.25, 0.3) is 5.91 Å². The number of esters is 1. The highest BCUT2D eigenvalue weighted by Crippen LogP contribution is 2.23. The van der Waals surface area contributed by atoms with Crippen LogP contribution in [-0.2, 0) is 16.0 Å². The molecule has 3 heterocycles. The number of carbonyl (C=O) groups is 2. The lowest BCUT2D eigenvalue weighted by Gasteiger charge is -2.35. The third-order valence-electron chi connectivity index (χ3n) is 4.64. The Hall–Kier alpha value is -2.48. The van der Waals surface area contributed by atoms with E-state index in [9.17, 15) is 9.59 Å². The molecule has 8 nitrogen and oxygen atoms in total. The predicted octanol–water partition coefficient (Wildman–Crippen LogP) is 1.21. The summed E-state index contributed by atoms with van der Waals surface area (Å²) in [6.07, 6.45) is 8.33. The second-order valence-electron chi connectivity index (χ2n) is 6.42. The van der Waals surface area contributed by atoms with Crippen molar-refractivity contribution >= 4 is 17.5 Å². The Labute approximate surface area is 151 Å². The number of hydrogen-bond donors (Lipinski definition) is 1. The molecule has 1 aliphatic heterocycles. The summed E-state index contributed by atoms with van der Waals surface area (Å²) in [6, 6.07) is -0.154. The Balaban J connectivity index is 1.82. The highest BCUT2D eigenvalue weighted by Gasteiger charge is 2.31.